The van der Waals surface area contributed by atoms with Crippen molar-refractivity contribution in [3.8, 4) is 11.5 Å². The third kappa shape index (κ3) is 11.4. The van der Waals surface area contributed by atoms with Crippen molar-refractivity contribution in [2.45, 2.75) is 31.7 Å². The van der Waals surface area contributed by atoms with Crippen LogP contribution in [-0.2, 0) is 20.4 Å². The second kappa shape index (κ2) is 13.8. The summed E-state index contributed by atoms with van der Waals surface area (Å²) in [5.74, 6) is -3.15. The maximum atomic E-state index is 13.1. The molecule has 0 radical (unpaired) electrons. The van der Waals surface area contributed by atoms with E-state index in [9.17, 15) is 77.3 Å². The molecule has 0 amide bonds. The van der Waals surface area contributed by atoms with Crippen LogP contribution < -0.4 is 9.47 Å². The quantitative estimate of drug-likeness (QED) is 0.135. The fourth-order valence-electron chi connectivity index (χ4n) is 2.44. The molecule has 0 aliphatic rings. The van der Waals surface area contributed by atoms with Gasteiger partial charge in [-0.2, -0.15) is 69.5 Å². The highest BCUT2D eigenvalue weighted by Gasteiger charge is 2.59. The van der Waals surface area contributed by atoms with Crippen LogP contribution in [0.15, 0.2) is 58.4 Å². The molecule has 0 saturated carbocycles. The molecule has 2 aromatic rings. The molecule has 24 heteroatoms. The largest absolute Gasteiger partial charge is 0.475 e. The minimum atomic E-state index is -6.01. The molecule has 0 saturated heterocycles. The van der Waals surface area contributed by atoms with Crippen LogP contribution >= 0.6 is 31.9 Å². The molecule has 44 heavy (non-hydrogen) atoms. The van der Waals surface area contributed by atoms with E-state index in [0.717, 1.165) is 12.1 Å². The van der Waals surface area contributed by atoms with E-state index in [-0.39, 0.29) is 35.9 Å². The zero-order valence-corrected chi connectivity index (χ0v) is 24.7. The van der Waals surface area contributed by atoms with E-state index in [1.165, 1.54) is 31.9 Å². The fraction of sp³-hybridized carbons (Fsp3) is 0.200. The summed E-state index contributed by atoms with van der Waals surface area (Å²) in [4.78, 5) is -13.0. The van der Waals surface area contributed by atoms with E-state index in [0.29, 0.717) is 6.07 Å². The Morgan fingerprint density at radius 1 is 0.636 bits per heavy atom. The lowest BCUT2D eigenvalue weighted by molar-refractivity contribution is -0.268. The van der Waals surface area contributed by atoms with Gasteiger partial charge in [0, 0.05) is 55.6 Å². The normalized spacial score (nSPS) is 12.9. The van der Waals surface area contributed by atoms with Crippen molar-refractivity contribution in [3.05, 3.63) is 59.7 Å². The van der Waals surface area contributed by atoms with Gasteiger partial charge in [0.05, 0.1) is 0 Å². The summed E-state index contributed by atoms with van der Waals surface area (Å²) in [7, 11) is -11.3. The van der Waals surface area contributed by atoms with E-state index >= 15 is 0 Å². The smallest absolute Gasteiger partial charge is 0.427 e. The molecule has 0 N–H and O–H groups in total. The molecular weight excluding hydrogens is 826 g/mol. The first-order valence-electron chi connectivity index (χ1n) is 9.98. The Kier molecular flexibility index (Phi) is 12.4. The van der Waals surface area contributed by atoms with Gasteiger partial charge in [0.1, 0.15) is 21.3 Å². The molecule has 0 atom stereocenters. The van der Waals surface area contributed by atoms with Crippen molar-refractivity contribution < 1.29 is 86.8 Å². The Morgan fingerprint density at radius 2 is 1.09 bits per heavy atom. The van der Waals surface area contributed by atoms with Crippen LogP contribution in [0.1, 0.15) is 11.1 Å². The van der Waals surface area contributed by atoms with E-state index in [2.05, 4.69) is 9.47 Å². The van der Waals surface area contributed by atoms with Crippen LogP contribution in [0, 0.1) is 0 Å². The van der Waals surface area contributed by atoms with Gasteiger partial charge in [0.25, 0.3) is 12.2 Å². The maximum Gasteiger partial charge on any atom is 0.475 e. The number of hydrogen-bond acceptors (Lipinski definition) is 6. The SMILES string of the molecule is O=S(=O)(F)c1cc(C=C(F)F)ccc1C=C(F)F.O=S(=O)(F)c1cc(OC(F)(F)C(F)(F)Br)ccc1OC(F)(F)C(F)(F)Br. The number of hydrogen-bond donors (Lipinski definition) is 0. The maximum absolute atomic E-state index is 13.1. The average Bonchev–Trinajstić information content (AvgIpc) is 2.77. The van der Waals surface area contributed by atoms with Crippen LogP contribution in [0.2, 0.25) is 0 Å². The first kappa shape index (κ1) is 39.4. The zero-order valence-electron chi connectivity index (χ0n) is 19.9. The van der Waals surface area contributed by atoms with Crippen LogP contribution in [-0.4, -0.2) is 38.7 Å². The Morgan fingerprint density at radius 3 is 1.50 bits per heavy atom. The van der Waals surface area contributed by atoms with Gasteiger partial charge in [-0.05, 0) is 23.8 Å². The highest BCUT2D eigenvalue weighted by molar-refractivity contribution is 9.10. The predicted octanol–water partition coefficient (Wildman–Crippen LogP) is 9.08. The first-order chi connectivity index (χ1) is 19.5. The lowest BCUT2D eigenvalue weighted by Crippen LogP contribution is -2.41. The summed E-state index contributed by atoms with van der Waals surface area (Å²) in [6.45, 7) is 0. The number of halogens is 16. The summed E-state index contributed by atoms with van der Waals surface area (Å²) in [5.41, 5.74) is -0.934. The Balaban J connectivity index is 0.000000470. The summed E-state index contributed by atoms with van der Waals surface area (Å²) < 4.78 is 227. The Hall–Kier alpha value is -2.60. The van der Waals surface area contributed by atoms with Gasteiger partial charge in [0.2, 0.25) is 0 Å². The number of alkyl halides is 10. The van der Waals surface area contributed by atoms with Crippen molar-refractivity contribution in [2.24, 2.45) is 0 Å². The lowest BCUT2D eigenvalue weighted by atomic mass is 10.1. The molecule has 6 nitrogen and oxygen atoms in total. The second-order valence-corrected chi connectivity index (χ2v) is 12.0. The fourth-order valence-corrected chi connectivity index (χ4v) is 3.90. The predicted molar refractivity (Wildman–Crippen MR) is 129 cm³/mol. The highest BCUT2D eigenvalue weighted by atomic mass is 79.9. The monoisotopic (exact) mass is 832 g/mol. The van der Waals surface area contributed by atoms with Gasteiger partial charge in [-0.1, -0.05) is 12.1 Å². The molecule has 0 aliphatic heterocycles. The van der Waals surface area contributed by atoms with Gasteiger partial charge < -0.3 is 9.47 Å². The van der Waals surface area contributed by atoms with Crippen molar-refractivity contribution in [3.63, 3.8) is 0 Å². The Bertz CT molecular complexity index is 1630. The molecule has 248 valence electrons. The van der Waals surface area contributed by atoms with E-state index in [4.69, 9.17) is 0 Å². The van der Waals surface area contributed by atoms with E-state index in [1.807, 2.05) is 0 Å². The summed E-state index contributed by atoms with van der Waals surface area (Å²) in [6.07, 6.45) is -14.6. The van der Waals surface area contributed by atoms with Gasteiger partial charge in [0.15, 0.2) is 0 Å². The van der Waals surface area contributed by atoms with E-state index in [1.54, 1.807) is 0 Å². The third-order valence-electron chi connectivity index (χ3n) is 4.16. The van der Waals surface area contributed by atoms with Crippen molar-refractivity contribution in [1.82, 2.24) is 0 Å². The van der Waals surface area contributed by atoms with Crippen LogP contribution in [0.4, 0.5) is 60.5 Å². The number of rotatable bonds is 10. The number of ether oxygens (including phenoxy) is 2. The van der Waals surface area contributed by atoms with Crippen molar-refractivity contribution in [2.75, 3.05) is 0 Å². The van der Waals surface area contributed by atoms with Crippen molar-refractivity contribution in [1.29, 1.82) is 0 Å². The molecule has 0 heterocycles. The summed E-state index contributed by atoms with van der Waals surface area (Å²) in [6, 6.07) is 2.28. The second-order valence-electron chi connectivity index (χ2n) is 7.38. The topological polar surface area (TPSA) is 86.7 Å². The molecule has 0 bridgehead atoms. The molecule has 2 aromatic carbocycles. The lowest BCUT2D eigenvalue weighted by Gasteiger charge is -2.24. The molecule has 0 spiro atoms. The first-order valence-corrected chi connectivity index (χ1v) is 14.3. The molecule has 0 unspecified atom stereocenters. The number of benzene rings is 2. The minimum absolute atomic E-state index is 0.0247. The zero-order chi connectivity index (χ0) is 34.7. The molecule has 0 aliphatic carbocycles. The highest BCUT2D eigenvalue weighted by Crippen LogP contribution is 2.45. The average molecular weight is 834 g/mol. The molecule has 2 rings (SSSR count). The van der Waals surface area contributed by atoms with E-state index < -0.39 is 81.3 Å². The molecule has 0 aromatic heterocycles. The van der Waals surface area contributed by atoms with Gasteiger partial charge >= 0.3 is 42.3 Å². The van der Waals surface area contributed by atoms with Crippen LogP contribution in [0.3, 0.4) is 0 Å². The van der Waals surface area contributed by atoms with Gasteiger partial charge in [-0.15, -0.1) is 7.77 Å². The third-order valence-corrected chi connectivity index (χ3v) is 6.81. The summed E-state index contributed by atoms with van der Waals surface area (Å²) in [5, 5.41) is 0. The summed E-state index contributed by atoms with van der Waals surface area (Å²) >= 11 is 2.52. The van der Waals surface area contributed by atoms with Crippen LogP contribution in [0.5, 0.6) is 11.5 Å². The standard InChI is InChI=1S/C10H3Br2F9O4S.C10H5F5O2S/c11-7(13,14)9(17,18)24-4-1-2-5(6(3-4)26(21,22)23)25-10(19,20)8(12,15)16;11-9(12)4-6-1-2-7(5-10(13)14)8(3-6)18(15,16)17/h1-3H;1-5H. The van der Waals surface area contributed by atoms with Gasteiger partial charge in [-0.3, -0.25) is 0 Å². The Labute approximate surface area is 253 Å². The van der Waals surface area contributed by atoms with Crippen molar-refractivity contribution >= 4 is 64.5 Å². The van der Waals surface area contributed by atoms with Crippen LogP contribution in [0.25, 0.3) is 12.2 Å². The molecule has 0 fully saturated rings. The molecular formula is C20H8Br2F14O6S2. The minimum Gasteiger partial charge on any atom is -0.427 e. The van der Waals surface area contributed by atoms with Gasteiger partial charge in [-0.25, -0.2) is 0 Å².